The van der Waals surface area contributed by atoms with Gasteiger partial charge in [-0.25, -0.2) is 4.79 Å². The van der Waals surface area contributed by atoms with Gasteiger partial charge in [-0.15, -0.1) is 0 Å². The second-order valence-corrected chi connectivity index (χ2v) is 6.80. The standard InChI is InChI=1S/C20H20N4O5/c1-12-8-10-13(11-9-12)21-19(25)16(22-23(2)3)17(24(27)28)18-14-6-4-5-7-15(14)20(26)29-18/h4-11,17-18H,1-3H3,(H,21,25)/b22-16+. The molecule has 150 valence electrons. The second-order valence-electron chi connectivity index (χ2n) is 6.80. The maximum Gasteiger partial charge on any atom is 0.339 e. The lowest BCUT2D eigenvalue weighted by Gasteiger charge is -2.19. The Bertz CT molecular complexity index is 985. The zero-order chi connectivity index (χ0) is 21.1. The highest BCUT2D eigenvalue weighted by Crippen LogP contribution is 2.34. The fourth-order valence-corrected chi connectivity index (χ4v) is 3.05. The van der Waals surface area contributed by atoms with Gasteiger partial charge in [-0.2, -0.15) is 5.10 Å². The molecular weight excluding hydrogens is 376 g/mol. The summed E-state index contributed by atoms with van der Waals surface area (Å²) in [7, 11) is 3.09. The Kier molecular flexibility index (Phi) is 5.58. The van der Waals surface area contributed by atoms with Gasteiger partial charge in [-0.05, 0) is 25.1 Å². The highest BCUT2D eigenvalue weighted by atomic mass is 16.6. The molecule has 2 atom stereocenters. The molecule has 9 heteroatoms. The lowest BCUT2D eigenvalue weighted by Crippen LogP contribution is -2.43. The Hall–Kier alpha value is -3.75. The van der Waals surface area contributed by atoms with Gasteiger partial charge >= 0.3 is 12.0 Å². The average molecular weight is 396 g/mol. The molecule has 1 heterocycles. The number of carbonyl (C=O) groups is 2. The normalized spacial score (nSPS) is 16.6. The van der Waals surface area contributed by atoms with Gasteiger partial charge in [-0.3, -0.25) is 14.9 Å². The number of hydrazone groups is 1. The van der Waals surface area contributed by atoms with Gasteiger partial charge in [-0.1, -0.05) is 35.9 Å². The number of nitrogens with one attached hydrogen (secondary N) is 1. The number of hydrogen-bond donors (Lipinski definition) is 1. The molecule has 1 amide bonds. The number of hydrogen-bond acceptors (Lipinski definition) is 7. The number of nitro groups is 1. The molecule has 0 aliphatic carbocycles. The van der Waals surface area contributed by atoms with Crippen LogP contribution < -0.4 is 5.32 Å². The lowest BCUT2D eigenvalue weighted by atomic mass is 9.96. The molecule has 2 unspecified atom stereocenters. The number of fused-ring (bicyclic) bond motifs is 1. The topological polar surface area (TPSA) is 114 Å². The summed E-state index contributed by atoms with van der Waals surface area (Å²) in [5.74, 6) is -1.41. The van der Waals surface area contributed by atoms with Crippen LogP contribution in [0.3, 0.4) is 0 Å². The first-order valence-electron chi connectivity index (χ1n) is 8.85. The summed E-state index contributed by atoms with van der Waals surface area (Å²) in [5.41, 5.74) is 1.71. The van der Waals surface area contributed by atoms with Crippen LogP contribution in [0, 0.1) is 17.0 Å². The van der Waals surface area contributed by atoms with Crippen molar-refractivity contribution in [1.82, 2.24) is 5.01 Å². The Morgan fingerprint density at radius 3 is 2.48 bits per heavy atom. The summed E-state index contributed by atoms with van der Waals surface area (Å²) < 4.78 is 5.27. The predicted molar refractivity (Wildman–Crippen MR) is 106 cm³/mol. The van der Waals surface area contributed by atoms with Crippen molar-refractivity contribution < 1.29 is 19.2 Å². The van der Waals surface area contributed by atoms with E-state index in [0.29, 0.717) is 11.3 Å². The van der Waals surface area contributed by atoms with Gasteiger partial charge in [0.25, 0.3) is 5.91 Å². The molecule has 0 bridgehead atoms. The number of anilines is 1. The monoisotopic (exact) mass is 396 g/mol. The number of benzene rings is 2. The van der Waals surface area contributed by atoms with Crippen LogP contribution in [-0.2, 0) is 9.53 Å². The first-order chi connectivity index (χ1) is 13.8. The van der Waals surface area contributed by atoms with E-state index in [4.69, 9.17) is 4.74 Å². The summed E-state index contributed by atoms with van der Waals surface area (Å²) in [4.78, 5) is 36.4. The van der Waals surface area contributed by atoms with Crippen LogP contribution in [0.5, 0.6) is 0 Å². The summed E-state index contributed by atoms with van der Waals surface area (Å²) >= 11 is 0. The van der Waals surface area contributed by atoms with E-state index in [1.54, 1.807) is 56.6 Å². The predicted octanol–water partition coefficient (Wildman–Crippen LogP) is 2.41. The Labute approximate surface area is 167 Å². The van der Waals surface area contributed by atoms with Crippen molar-refractivity contribution >= 4 is 23.3 Å². The first kappa shape index (κ1) is 20.0. The number of rotatable bonds is 6. The zero-order valence-corrected chi connectivity index (χ0v) is 16.2. The number of aryl methyl sites for hydroxylation is 1. The number of nitrogens with zero attached hydrogens (tertiary/aromatic N) is 3. The first-order valence-corrected chi connectivity index (χ1v) is 8.85. The molecule has 2 aromatic carbocycles. The van der Waals surface area contributed by atoms with Crippen LogP contribution in [0.15, 0.2) is 53.6 Å². The molecule has 3 rings (SSSR count). The highest BCUT2D eigenvalue weighted by Gasteiger charge is 2.48. The summed E-state index contributed by atoms with van der Waals surface area (Å²) in [6, 6.07) is 11.7. The molecule has 1 N–H and O–H groups in total. The van der Waals surface area contributed by atoms with Gasteiger partial charge in [0, 0.05) is 30.3 Å². The van der Waals surface area contributed by atoms with E-state index in [-0.39, 0.29) is 11.3 Å². The van der Waals surface area contributed by atoms with Crippen LogP contribution in [0.2, 0.25) is 0 Å². The Morgan fingerprint density at radius 2 is 1.86 bits per heavy atom. The molecule has 0 saturated heterocycles. The molecule has 1 aliphatic heterocycles. The average Bonchev–Trinajstić information content (AvgIpc) is 2.99. The van der Waals surface area contributed by atoms with Gasteiger partial charge in [0.05, 0.1) is 5.56 Å². The van der Waals surface area contributed by atoms with E-state index in [2.05, 4.69) is 10.4 Å². The number of cyclic esters (lactones) is 1. The number of carbonyl (C=O) groups excluding carboxylic acids is 2. The lowest BCUT2D eigenvalue weighted by molar-refractivity contribution is -0.514. The second kappa shape index (κ2) is 8.09. The van der Waals surface area contributed by atoms with E-state index in [1.165, 1.54) is 11.1 Å². The maximum absolute atomic E-state index is 12.9. The van der Waals surface area contributed by atoms with Gasteiger partial charge in [0.1, 0.15) is 0 Å². The molecule has 0 fully saturated rings. The Balaban J connectivity index is 1.99. The maximum atomic E-state index is 12.9. The van der Waals surface area contributed by atoms with Crippen LogP contribution >= 0.6 is 0 Å². The molecule has 0 saturated carbocycles. The number of amides is 1. The minimum atomic E-state index is -1.67. The van der Waals surface area contributed by atoms with Crippen molar-refractivity contribution in [3.05, 3.63) is 75.3 Å². The highest BCUT2D eigenvalue weighted by molar-refractivity contribution is 6.44. The molecule has 0 aromatic heterocycles. The van der Waals surface area contributed by atoms with Crippen molar-refractivity contribution in [2.24, 2.45) is 5.10 Å². The van der Waals surface area contributed by atoms with E-state index in [1.807, 2.05) is 6.92 Å². The number of ether oxygens (including phenoxy) is 1. The minimum absolute atomic E-state index is 0.243. The van der Waals surface area contributed by atoms with Gasteiger partial charge < -0.3 is 15.1 Å². The van der Waals surface area contributed by atoms with E-state index in [0.717, 1.165) is 5.56 Å². The summed E-state index contributed by atoms with van der Waals surface area (Å²) in [6.45, 7) is 1.90. The molecule has 0 radical (unpaired) electrons. The number of esters is 1. The largest absolute Gasteiger partial charge is 0.446 e. The molecule has 29 heavy (non-hydrogen) atoms. The van der Waals surface area contributed by atoms with Gasteiger partial charge in [0.2, 0.25) is 11.8 Å². The van der Waals surface area contributed by atoms with Crippen molar-refractivity contribution in [1.29, 1.82) is 0 Å². The molecule has 9 nitrogen and oxygen atoms in total. The van der Waals surface area contributed by atoms with E-state index in [9.17, 15) is 19.7 Å². The smallest absolute Gasteiger partial charge is 0.339 e. The van der Waals surface area contributed by atoms with Crippen molar-refractivity contribution in [2.75, 3.05) is 19.4 Å². The summed E-state index contributed by atoms with van der Waals surface area (Å²) in [6.07, 6.45) is -1.25. The quantitative estimate of drug-likeness (QED) is 0.347. The van der Waals surface area contributed by atoms with Crippen LogP contribution in [0.25, 0.3) is 0 Å². The van der Waals surface area contributed by atoms with E-state index >= 15 is 0 Å². The third-order valence-corrected chi connectivity index (χ3v) is 4.37. The third kappa shape index (κ3) is 4.23. The van der Waals surface area contributed by atoms with Crippen LogP contribution in [0.1, 0.15) is 27.6 Å². The van der Waals surface area contributed by atoms with E-state index < -0.39 is 28.9 Å². The van der Waals surface area contributed by atoms with Crippen molar-refractivity contribution in [3.8, 4) is 0 Å². The van der Waals surface area contributed by atoms with Crippen molar-refractivity contribution in [3.63, 3.8) is 0 Å². The summed E-state index contributed by atoms with van der Waals surface area (Å²) in [5, 5.41) is 19.9. The molecule has 0 spiro atoms. The van der Waals surface area contributed by atoms with Crippen LogP contribution in [0.4, 0.5) is 5.69 Å². The molecular formula is C20H20N4O5. The fraction of sp³-hybridized carbons (Fsp3) is 0.250. The minimum Gasteiger partial charge on any atom is -0.446 e. The fourth-order valence-electron chi connectivity index (χ4n) is 3.05. The van der Waals surface area contributed by atoms with Crippen LogP contribution in [-0.4, -0.2) is 47.7 Å². The van der Waals surface area contributed by atoms with Crippen molar-refractivity contribution in [2.45, 2.75) is 19.1 Å². The molecule has 1 aliphatic rings. The Morgan fingerprint density at radius 1 is 1.21 bits per heavy atom. The SMILES string of the molecule is Cc1ccc(NC(=O)/C(=N/N(C)C)C(C2OC(=O)c3ccccc32)[N+](=O)[O-])cc1. The van der Waals surface area contributed by atoms with Gasteiger partial charge in [0.15, 0.2) is 0 Å². The third-order valence-electron chi connectivity index (χ3n) is 4.37. The zero-order valence-electron chi connectivity index (χ0n) is 16.2. The molecule has 2 aromatic rings.